The van der Waals surface area contributed by atoms with Crippen molar-refractivity contribution in [3.63, 3.8) is 0 Å². The molecule has 1 aliphatic rings. The fraction of sp³-hybridized carbons (Fsp3) is 0.261. The van der Waals surface area contributed by atoms with E-state index >= 15 is 0 Å². The second-order valence-corrected chi connectivity index (χ2v) is 9.11. The van der Waals surface area contributed by atoms with Crippen LogP contribution in [0.4, 0.5) is 18.3 Å². The number of carbonyl (C=O) groups is 1. The molecule has 1 aliphatic heterocycles. The van der Waals surface area contributed by atoms with Gasteiger partial charge >= 0.3 is 12.1 Å². The number of carboxylic acids is 1. The highest BCUT2D eigenvalue weighted by Crippen LogP contribution is 2.37. The summed E-state index contributed by atoms with van der Waals surface area (Å²) in [4.78, 5) is 41.2. The molecule has 3 aromatic heterocycles. The highest BCUT2D eigenvalue weighted by atomic mass is 32.1. The predicted octanol–water partition coefficient (Wildman–Crippen LogP) is 4.21. The minimum atomic E-state index is -4.50. The lowest BCUT2D eigenvalue weighted by molar-refractivity contribution is -0.139. The molecule has 0 saturated carbocycles. The number of carboxylic acid groups (broad SMARTS) is 1. The smallest absolute Gasteiger partial charge is 0.419 e. The number of para-hydroxylation sites is 1. The number of halogens is 3. The van der Waals surface area contributed by atoms with E-state index in [-0.39, 0.29) is 28.9 Å². The lowest BCUT2D eigenvalue weighted by Gasteiger charge is -2.32. The third-order valence-electron chi connectivity index (χ3n) is 5.71. The first kappa shape index (κ1) is 23.7. The van der Waals surface area contributed by atoms with Crippen LogP contribution in [0.1, 0.15) is 28.8 Å². The minimum absolute atomic E-state index is 0.0443. The number of H-pyrrole nitrogens is 1. The third kappa shape index (κ3) is 4.73. The van der Waals surface area contributed by atoms with Gasteiger partial charge in [0.1, 0.15) is 22.4 Å². The molecule has 1 saturated heterocycles. The largest absolute Gasteiger partial charge is 0.490 e. The van der Waals surface area contributed by atoms with Gasteiger partial charge in [-0.2, -0.15) is 18.2 Å². The zero-order valence-corrected chi connectivity index (χ0v) is 19.3. The molecular formula is C23H18F3N5O4S. The topological polar surface area (TPSA) is 121 Å². The van der Waals surface area contributed by atoms with Crippen molar-refractivity contribution in [2.75, 3.05) is 18.0 Å². The average molecular weight is 517 g/mol. The molecule has 0 unspecified atom stereocenters. The van der Waals surface area contributed by atoms with Gasteiger partial charge in [0.05, 0.1) is 11.1 Å². The number of ether oxygens (including phenoxy) is 1. The van der Waals surface area contributed by atoms with Gasteiger partial charge in [-0.1, -0.05) is 23.5 Å². The van der Waals surface area contributed by atoms with Gasteiger partial charge in [0.2, 0.25) is 0 Å². The Bertz CT molecular complexity index is 1500. The van der Waals surface area contributed by atoms with E-state index in [0.717, 1.165) is 17.4 Å². The zero-order chi connectivity index (χ0) is 25.4. The van der Waals surface area contributed by atoms with Gasteiger partial charge in [0, 0.05) is 43.9 Å². The first-order valence-corrected chi connectivity index (χ1v) is 11.7. The van der Waals surface area contributed by atoms with E-state index in [1.807, 2.05) is 4.90 Å². The van der Waals surface area contributed by atoms with Crippen LogP contribution in [0.15, 0.2) is 47.5 Å². The summed E-state index contributed by atoms with van der Waals surface area (Å²) in [7, 11) is 0. The molecule has 186 valence electrons. The van der Waals surface area contributed by atoms with Crippen LogP contribution in [-0.2, 0) is 6.18 Å². The number of benzene rings is 1. The number of alkyl halides is 3. The van der Waals surface area contributed by atoms with Crippen molar-refractivity contribution in [2.45, 2.75) is 25.1 Å². The molecule has 0 aliphatic carbocycles. The molecule has 4 heterocycles. The van der Waals surface area contributed by atoms with Crippen molar-refractivity contribution < 1.29 is 27.8 Å². The number of aromatic carboxylic acids is 1. The number of pyridine rings is 1. The standard InChI is InChI=1S/C23H18F3N5O4S/c24-23(25,26)15-3-1-2-4-16(15)35-14-5-7-31(8-6-14)22-30-19-17(36-22)20(32)29-18(28-19)12-9-13(21(33)34)11-27-10-12/h1-4,9-11,14H,5-8H2,(H,33,34)(H,28,29,32). The molecule has 0 atom stereocenters. The van der Waals surface area contributed by atoms with Gasteiger partial charge in [-0.15, -0.1) is 0 Å². The zero-order valence-electron chi connectivity index (χ0n) is 18.5. The Kier molecular flexibility index (Phi) is 6.08. The van der Waals surface area contributed by atoms with Crippen molar-refractivity contribution >= 4 is 32.8 Å². The molecule has 4 aromatic rings. The van der Waals surface area contributed by atoms with Gasteiger partial charge in [-0.25, -0.2) is 9.78 Å². The van der Waals surface area contributed by atoms with Crippen LogP contribution in [0.5, 0.6) is 5.75 Å². The minimum Gasteiger partial charge on any atom is -0.490 e. The number of thiazole rings is 1. The molecule has 13 heteroatoms. The van der Waals surface area contributed by atoms with E-state index in [2.05, 4.69) is 19.9 Å². The maximum atomic E-state index is 13.3. The van der Waals surface area contributed by atoms with E-state index in [0.29, 0.717) is 41.3 Å². The number of aromatic amines is 1. The third-order valence-corrected chi connectivity index (χ3v) is 6.82. The van der Waals surface area contributed by atoms with Crippen LogP contribution in [0.3, 0.4) is 0 Å². The summed E-state index contributed by atoms with van der Waals surface area (Å²) in [5.74, 6) is -1.19. The van der Waals surface area contributed by atoms with Crippen LogP contribution >= 0.6 is 11.3 Å². The van der Waals surface area contributed by atoms with Gasteiger partial charge in [-0.3, -0.25) is 9.78 Å². The van der Waals surface area contributed by atoms with E-state index < -0.39 is 23.3 Å². The Morgan fingerprint density at radius 1 is 1.17 bits per heavy atom. The van der Waals surface area contributed by atoms with Crippen molar-refractivity contribution in [3.05, 3.63) is 64.2 Å². The molecular weight excluding hydrogens is 499 g/mol. The summed E-state index contributed by atoms with van der Waals surface area (Å²) in [6, 6.07) is 6.51. The fourth-order valence-corrected chi connectivity index (χ4v) is 4.88. The molecule has 36 heavy (non-hydrogen) atoms. The summed E-state index contributed by atoms with van der Waals surface area (Å²) in [5.41, 5.74) is -0.713. The van der Waals surface area contributed by atoms with Crippen LogP contribution in [0.25, 0.3) is 21.7 Å². The highest BCUT2D eigenvalue weighted by Gasteiger charge is 2.35. The molecule has 1 aromatic carbocycles. The van der Waals surface area contributed by atoms with Crippen LogP contribution in [0, 0.1) is 0 Å². The molecule has 0 radical (unpaired) electrons. The van der Waals surface area contributed by atoms with Gasteiger partial charge in [0.15, 0.2) is 10.8 Å². The molecule has 5 rings (SSSR count). The second kappa shape index (κ2) is 9.22. The van der Waals surface area contributed by atoms with Crippen molar-refractivity contribution in [2.24, 2.45) is 0 Å². The van der Waals surface area contributed by atoms with Gasteiger partial charge < -0.3 is 19.7 Å². The van der Waals surface area contributed by atoms with E-state index in [1.165, 1.54) is 36.7 Å². The van der Waals surface area contributed by atoms with Crippen LogP contribution in [-0.4, -0.2) is 50.2 Å². The first-order chi connectivity index (χ1) is 17.2. The molecule has 2 N–H and O–H groups in total. The molecule has 1 fully saturated rings. The molecule has 0 amide bonds. The number of anilines is 1. The maximum absolute atomic E-state index is 13.3. The van der Waals surface area contributed by atoms with Crippen LogP contribution in [0.2, 0.25) is 0 Å². The summed E-state index contributed by atoms with van der Waals surface area (Å²) < 4.78 is 45.8. The Balaban J connectivity index is 1.32. The number of nitrogens with zero attached hydrogens (tertiary/aromatic N) is 4. The Labute approximate surface area is 205 Å². The monoisotopic (exact) mass is 517 g/mol. The lowest BCUT2D eigenvalue weighted by Crippen LogP contribution is -2.38. The first-order valence-electron chi connectivity index (χ1n) is 10.9. The molecule has 0 spiro atoms. The SMILES string of the molecule is O=C(O)c1cncc(-c2nc3nc(N4CCC(Oc5ccccc5C(F)(F)F)CC4)sc3c(=O)[nH]2)c1. The lowest BCUT2D eigenvalue weighted by atomic mass is 10.1. The van der Waals surface area contributed by atoms with Crippen molar-refractivity contribution in [3.8, 4) is 17.1 Å². The van der Waals surface area contributed by atoms with Crippen molar-refractivity contribution in [1.82, 2.24) is 19.9 Å². The van der Waals surface area contributed by atoms with Gasteiger partial charge in [0.25, 0.3) is 5.56 Å². The quantitative estimate of drug-likeness (QED) is 0.404. The summed E-state index contributed by atoms with van der Waals surface area (Å²) in [6.07, 6.45) is -1.34. The highest BCUT2D eigenvalue weighted by molar-refractivity contribution is 7.22. The predicted molar refractivity (Wildman–Crippen MR) is 126 cm³/mol. The van der Waals surface area contributed by atoms with E-state index in [4.69, 9.17) is 4.74 Å². The average Bonchev–Trinajstić information content (AvgIpc) is 3.29. The Morgan fingerprint density at radius 3 is 2.64 bits per heavy atom. The van der Waals surface area contributed by atoms with E-state index in [9.17, 15) is 27.9 Å². The number of aromatic nitrogens is 4. The Hall–Kier alpha value is -4.00. The van der Waals surface area contributed by atoms with Gasteiger partial charge in [-0.05, 0) is 18.2 Å². The number of rotatable bonds is 5. The normalized spacial score (nSPS) is 14.8. The number of hydrogen-bond acceptors (Lipinski definition) is 8. The second-order valence-electron chi connectivity index (χ2n) is 8.13. The maximum Gasteiger partial charge on any atom is 0.419 e. The summed E-state index contributed by atoms with van der Waals surface area (Å²) in [5, 5.41) is 9.73. The van der Waals surface area contributed by atoms with Crippen LogP contribution < -0.4 is 15.2 Å². The number of fused-ring (bicyclic) bond motifs is 1. The fourth-order valence-electron chi connectivity index (χ4n) is 3.93. The van der Waals surface area contributed by atoms with Crippen molar-refractivity contribution in [1.29, 1.82) is 0 Å². The number of hydrogen-bond donors (Lipinski definition) is 2. The Morgan fingerprint density at radius 2 is 1.92 bits per heavy atom. The number of nitrogens with one attached hydrogen (secondary N) is 1. The summed E-state index contributed by atoms with van der Waals surface area (Å²) >= 11 is 1.16. The summed E-state index contributed by atoms with van der Waals surface area (Å²) in [6.45, 7) is 0.960. The van der Waals surface area contributed by atoms with E-state index in [1.54, 1.807) is 0 Å². The number of piperidine rings is 1. The molecule has 0 bridgehead atoms. The molecule has 9 nitrogen and oxygen atoms in total.